The molecule has 0 aromatic heterocycles. The van der Waals surface area contributed by atoms with Crippen LogP contribution in [0.3, 0.4) is 0 Å². The number of hydrogen-bond acceptors (Lipinski definition) is 4. The average molecular weight is 244 g/mol. The van der Waals surface area contributed by atoms with Crippen LogP contribution in [0, 0.1) is 6.92 Å². The largest absolute Gasteiger partial charge is 0.457 e. The number of benzene rings is 2. The van der Waals surface area contributed by atoms with E-state index in [-0.39, 0.29) is 6.79 Å². The summed E-state index contributed by atoms with van der Waals surface area (Å²) in [5, 5.41) is 0. The van der Waals surface area contributed by atoms with E-state index in [1.807, 2.05) is 37.3 Å². The van der Waals surface area contributed by atoms with E-state index in [2.05, 4.69) is 0 Å². The van der Waals surface area contributed by atoms with Gasteiger partial charge in [0.05, 0.1) is 5.69 Å². The Bertz CT molecular complexity index is 541. The lowest BCUT2D eigenvalue weighted by molar-refractivity contribution is 0.120. The fourth-order valence-electron chi connectivity index (χ4n) is 1.54. The van der Waals surface area contributed by atoms with Crippen molar-refractivity contribution >= 4 is 11.4 Å². The van der Waals surface area contributed by atoms with Crippen molar-refractivity contribution in [2.45, 2.75) is 6.92 Å². The molecule has 18 heavy (non-hydrogen) atoms. The Kier molecular flexibility index (Phi) is 3.57. The summed E-state index contributed by atoms with van der Waals surface area (Å²) in [4.78, 5) is 0. The van der Waals surface area contributed by atoms with Crippen molar-refractivity contribution in [3.8, 4) is 11.5 Å². The van der Waals surface area contributed by atoms with Gasteiger partial charge in [0.25, 0.3) is 0 Å². The second-order valence-corrected chi connectivity index (χ2v) is 3.97. The Labute approximate surface area is 106 Å². The van der Waals surface area contributed by atoms with Crippen molar-refractivity contribution in [1.29, 1.82) is 0 Å². The molecule has 0 aliphatic heterocycles. The third kappa shape index (κ3) is 2.85. The predicted molar refractivity (Wildman–Crippen MR) is 72.6 cm³/mol. The van der Waals surface area contributed by atoms with Gasteiger partial charge in [-0.3, -0.25) is 0 Å². The van der Waals surface area contributed by atoms with Crippen LogP contribution in [-0.4, -0.2) is 6.79 Å². The number of hydrogen-bond donors (Lipinski definition) is 2. The van der Waals surface area contributed by atoms with Crippen LogP contribution in [0.2, 0.25) is 0 Å². The van der Waals surface area contributed by atoms with Crippen LogP contribution in [0.5, 0.6) is 11.5 Å². The van der Waals surface area contributed by atoms with Crippen molar-refractivity contribution < 1.29 is 9.47 Å². The monoisotopic (exact) mass is 244 g/mol. The molecule has 0 saturated heterocycles. The van der Waals surface area contributed by atoms with Gasteiger partial charge in [-0.2, -0.15) is 0 Å². The first kappa shape index (κ1) is 12.1. The van der Waals surface area contributed by atoms with Gasteiger partial charge in [0.2, 0.25) is 6.79 Å². The summed E-state index contributed by atoms with van der Waals surface area (Å²) >= 11 is 0. The van der Waals surface area contributed by atoms with E-state index in [1.165, 1.54) is 0 Å². The van der Waals surface area contributed by atoms with E-state index < -0.39 is 0 Å². The zero-order valence-electron chi connectivity index (χ0n) is 10.2. The van der Waals surface area contributed by atoms with Crippen molar-refractivity contribution in [2.24, 2.45) is 0 Å². The highest BCUT2D eigenvalue weighted by atomic mass is 16.7. The molecule has 0 aliphatic carbocycles. The van der Waals surface area contributed by atoms with Crippen molar-refractivity contribution in [3.63, 3.8) is 0 Å². The quantitative estimate of drug-likeness (QED) is 0.640. The van der Waals surface area contributed by atoms with E-state index in [9.17, 15) is 0 Å². The zero-order chi connectivity index (χ0) is 13.0. The average Bonchev–Trinajstić information content (AvgIpc) is 2.35. The van der Waals surface area contributed by atoms with Gasteiger partial charge in [0.1, 0.15) is 11.5 Å². The van der Waals surface area contributed by atoms with Crippen molar-refractivity contribution in [3.05, 3.63) is 48.0 Å². The Balaban J connectivity index is 1.94. The Morgan fingerprint density at radius 2 is 1.78 bits per heavy atom. The summed E-state index contributed by atoms with van der Waals surface area (Å²) < 4.78 is 10.9. The van der Waals surface area contributed by atoms with Gasteiger partial charge in [-0.05, 0) is 30.7 Å². The summed E-state index contributed by atoms with van der Waals surface area (Å²) in [6.07, 6.45) is 0. The molecule has 2 aromatic rings. The minimum Gasteiger partial charge on any atom is -0.457 e. The van der Waals surface area contributed by atoms with E-state index in [0.717, 1.165) is 5.56 Å². The number of aryl methyl sites for hydroxylation is 1. The number of rotatable bonds is 4. The topological polar surface area (TPSA) is 70.5 Å². The van der Waals surface area contributed by atoms with Crippen LogP contribution in [0.1, 0.15) is 5.56 Å². The van der Waals surface area contributed by atoms with Crippen LogP contribution < -0.4 is 20.9 Å². The lowest BCUT2D eigenvalue weighted by Gasteiger charge is -2.11. The predicted octanol–water partition coefficient (Wildman–Crippen LogP) is 2.57. The van der Waals surface area contributed by atoms with Crippen LogP contribution in [-0.2, 0) is 0 Å². The van der Waals surface area contributed by atoms with E-state index >= 15 is 0 Å². The molecular weight excluding hydrogens is 228 g/mol. The first-order valence-corrected chi connectivity index (χ1v) is 5.63. The minimum absolute atomic E-state index is 0.0944. The maximum absolute atomic E-state index is 5.89. The summed E-state index contributed by atoms with van der Waals surface area (Å²) in [6, 6.07) is 12.8. The van der Waals surface area contributed by atoms with Crippen molar-refractivity contribution in [2.75, 3.05) is 18.3 Å². The van der Waals surface area contributed by atoms with E-state index in [0.29, 0.717) is 22.9 Å². The molecule has 0 bridgehead atoms. The highest BCUT2D eigenvalue weighted by Gasteiger charge is 2.02. The van der Waals surface area contributed by atoms with Gasteiger partial charge < -0.3 is 20.9 Å². The molecule has 0 radical (unpaired) electrons. The lowest BCUT2D eigenvalue weighted by Crippen LogP contribution is -2.07. The number of ether oxygens (including phenoxy) is 2. The molecule has 2 aromatic carbocycles. The highest BCUT2D eigenvalue weighted by molar-refractivity contribution is 5.57. The SMILES string of the molecule is Cc1cccc(OCOc2cccc(N)c2)c1N. The fraction of sp³-hybridized carbons (Fsp3) is 0.143. The molecule has 4 N–H and O–H groups in total. The third-order valence-corrected chi connectivity index (χ3v) is 2.58. The maximum atomic E-state index is 5.89. The first-order chi connectivity index (χ1) is 8.66. The summed E-state index contributed by atoms with van der Waals surface area (Å²) in [5.74, 6) is 1.29. The molecule has 0 aliphatic rings. The molecule has 94 valence electrons. The second kappa shape index (κ2) is 5.31. The number of anilines is 2. The van der Waals surface area contributed by atoms with Crippen LogP contribution >= 0.6 is 0 Å². The molecule has 0 fully saturated rings. The Hall–Kier alpha value is -2.36. The molecule has 4 heteroatoms. The van der Waals surface area contributed by atoms with Gasteiger partial charge in [-0.25, -0.2) is 0 Å². The second-order valence-electron chi connectivity index (χ2n) is 3.97. The Morgan fingerprint density at radius 1 is 1.00 bits per heavy atom. The van der Waals surface area contributed by atoms with Gasteiger partial charge in [-0.15, -0.1) is 0 Å². The molecule has 4 nitrogen and oxygen atoms in total. The maximum Gasteiger partial charge on any atom is 0.230 e. The van der Waals surface area contributed by atoms with Crippen LogP contribution in [0.15, 0.2) is 42.5 Å². The minimum atomic E-state index is 0.0944. The molecule has 0 unspecified atom stereocenters. The molecule has 0 heterocycles. The summed E-state index contributed by atoms with van der Waals surface area (Å²) in [5.41, 5.74) is 13.8. The van der Waals surface area contributed by atoms with Gasteiger partial charge in [-0.1, -0.05) is 18.2 Å². The molecule has 0 amide bonds. The smallest absolute Gasteiger partial charge is 0.230 e. The Morgan fingerprint density at radius 3 is 2.56 bits per heavy atom. The lowest BCUT2D eigenvalue weighted by atomic mass is 10.2. The van der Waals surface area contributed by atoms with Gasteiger partial charge in [0.15, 0.2) is 0 Å². The summed E-state index contributed by atoms with van der Waals surface area (Å²) in [7, 11) is 0. The number of nitrogens with two attached hydrogens (primary N) is 2. The molecule has 0 atom stereocenters. The van der Waals surface area contributed by atoms with Crippen molar-refractivity contribution in [1.82, 2.24) is 0 Å². The van der Waals surface area contributed by atoms with E-state index in [1.54, 1.807) is 12.1 Å². The standard InChI is InChI=1S/C14H16N2O2/c1-10-4-2-7-13(14(10)16)18-9-17-12-6-3-5-11(15)8-12/h2-8H,9,15-16H2,1H3. The van der Waals surface area contributed by atoms with Gasteiger partial charge in [0, 0.05) is 11.8 Å². The van der Waals surface area contributed by atoms with Gasteiger partial charge >= 0.3 is 0 Å². The molecular formula is C14H16N2O2. The van der Waals surface area contributed by atoms with E-state index in [4.69, 9.17) is 20.9 Å². The summed E-state index contributed by atoms with van der Waals surface area (Å²) in [6.45, 7) is 2.03. The number of para-hydroxylation sites is 1. The third-order valence-electron chi connectivity index (χ3n) is 2.58. The molecule has 2 rings (SSSR count). The zero-order valence-corrected chi connectivity index (χ0v) is 10.2. The van der Waals surface area contributed by atoms with Crippen LogP contribution in [0.25, 0.3) is 0 Å². The first-order valence-electron chi connectivity index (χ1n) is 5.63. The highest BCUT2D eigenvalue weighted by Crippen LogP contribution is 2.24. The van der Waals surface area contributed by atoms with Crippen LogP contribution in [0.4, 0.5) is 11.4 Å². The molecule has 0 spiro atoms. The normalized spacial score (nSPS) is 10.1. The molecule has 0 saturated carbocycles. The fourth-order valence-corrected chi connectivity index (χ4v) is 1.54. The number of nitrogen functional groups attached to an aromatic ring is 2.